The molecule has 0 aliphatic carbocycles. The molecule has 1 aliphatic rings. The molecule has 1 aliphatic heterocycles. The minimum Gasteiger partial charge on any atom is -0.337 e. The molecule has 3 heterocycles. The molecule has 3 rings (SSSR count). The van der Waals surface area contributed by atoms with Crippen LogP contribution in [-0.2, 0) is 4.79 Å². The van der Waals surface area contributed by atoms with Crippen LogP contribution in [0.3, 0.4) is 0 Å². The Balaban J connectivity index is 1.72. The van der Waals surface area contributed by atoms with Gasteiger partial charge in [-0.1, -0.05) is 6.07 Å². The number of amides is 1. The van der Waals surface area contributed by atoms with E-state index >= 15 is 0 Å². The fourth-order valence-corrected chi connectivity index (χ4v) is 2.36. The molecule has 0 saturated carbocycles. The SMILES string of the molecule is CN1CCN(C(=O)/C=C/c2cnc3ccccn23)CC1. The van der Waals surface area contributed by atoms with Crippen LogP contribution in [0.2, 0.25) is 0 Å². The first-order valence-electron chi connectivity index (χ1n) is 6.82. The molecular weight excluding hydrogens is 252 g/mol. The Hall–Kier alpha value is -2.14. The van der Waals surface area contributed by atoms with E-state index in [1.165, 1.54) is 0 Å². The van der Waals surface area contributed by atoms with Crippen molar-refractivity contribution in [2.75, 3.05) is 33.2 Å². The number of aromatic nitrogens is 2. The second kappa shape index (κ2) is 5.46. The molecule has 0 radical (unpaired) electrons. The zero-order chi connectivity index (χ0) is 13.9. The zero-order valence-electron chi connectivity index (χ0n) is 11.6. The van der Waals surface area contributed by atoms with Gasteiger partial charge in [-0.05, 0) is 25.3 Å². The maximum Gasteiger partial charge on any atom is 0.246 e. The lowest BCUT2D eigenvalue weighted by atomic mass is 10.3. The van der Waals surface area contributed by atoms with Gasteiger partial charge in [-0.15, -0.1) is 0 Å². The molecule has 0 aromatic carbocycles. The normalized spacial score (nSPS) is 17.1. The highest BCUT2D eigenvalue weighted by molar-refractivity contribution is 5.91. The smallest absolute Gasteiger partial charge is 0.246 e. The van der Waals surface area contributed by atoms with Crippen LogP contribution in [0.1, 0.15) is 5.69 Å². The van der Waals surface area contributed by atoms with E-state index in [9.17, 15) is 4.79 Å². The summed E-state index contributed by atoms with van der Waals surface area (Å²) in [5.74, 6) is 0.0731. The maximum absolute atomic E-state index is 12.1. The standard InChI is InChI=1S/C15H18N4O/c1-17-8-10-18(11-9-17)15(20)6-5-13-12-16-14-4-2-3-7-19(13)14/h2-7,12H,8-11H2,1H3/b6-5+. The van der Waals surface area contributed by atoms with Crippen molar-refractivity contribution in [3.8, 4) is 0 Å². The van der Waals surface area contributed by atoms with Gasteiger partial charge in [0.15, 0.2) is 0 Å². The average molecular weight is 270 g/mol. The highest BCUT2D eigenvalue weighted by Gasteiger charge is 2.16. The molecule has 20 heavy (non-hydrogen) atoms. The molecular formula is C15H18N4O. The summed E-state index contributed by atoms with van der Waals surface area (Å²) < 4.78 is 1.97. The van der Waals surface area contributed by atoms with Gasteiger partial charge in [0.25, 0.3) is 0 Å². The van der Waals surface area contributed by atoms with Crippen LogP contribution in [0.15, 0.2) is 36.7 Å². The lowest BCUT2D eigenvalue weighted by Gasteiger charge is -2.31. The second-order valence-electron chi connectivity index (χ2n) is 5.07. The summed E-state index contributed by atoms with van der Waals surface area (Å²) in [5.41, 5.74) is 1.81. The first kappa shape index (κ1) is 12.9. The van der Waals surface area contributed by atoms with Gasteiger partial charge in [-0.2, -0.15) is 0 Å². The van der Waals surface area contributed by atoms with E-state index in [0.717, 1.165) is 37.5 Å². The summed E-state index contributed by atoms with van der Waals surface area (Å²) in [5, 5.41) is 0. The van der Waals surface area contributed by atoms with Gasteiger partial charge in [0.05, 0.1) is 11.9 Å². The number of imidazole rings is 1. The van der Waals surface area contributed by atoms with Gasteiger partial charge in [0.2, 0.25) is 5.91 Å². The molecule has 5 nitrogen and oxygen atoms in total. The van der Waals surface area contributed by atoms with Crippen molar-refractivity contribution < 1.29 is 4.79 Å². The van der Waals surface area contributed by atoms with Crippen LogP contribution in [0, 0.1) is 0 Å². The summed E-state index contributed by atoms with van der Waals surface area (Å²) in [6.07, 6.45) is 7.20. The molecule has 5 heteroatoms. The van der Waals surface area contributed by atoms with Crippen LogP contribution in [-0.4, -0.2) is 58.3 Å². The van der Waals surface area contributed by atoms with Crippen LogP contribution < -0.4 is 0 Å². The Labute approximate surface area is 118 Å². The van der Waals surface area contributed by atoms with Crippen molar-refractivity contribution in [2.24, 2.45) is 0 Å². The molecule has 104 valence electrons. The number of hydrogen-bond acceptors (Lipinski definition) is 3. The first-order valence-corrected chi connectivity index (χ1v) is 6.82. The molecule has 0 bridgehead atoms. The zero-order valence-corrected chi connectivity index (χ0v) is 11.6. The van der Waals surface area contributed by atoms with Gasteiger partial charge in [0.1, 0.15) is 5.65 Å². The van der Waals surface area contributed by atoms with E-state index in [1.54, 1.807) is 12.3 Å². The number of likely N-dealkylation sites (N-methyl/N-ethyl adjacent to an activating group) is 1. The Morgan fingerprint density at radius 3 is 2.85 bits per heavy atom. The lowest BCUT2D eigenvalue weighted by molar-refractivity contribution is -0.127. The van der Waals surface area contributed by atoms with Gasteiger partial charge in [0, 0.05) is 38.5 Å². The number of carbonyl (C=O) groups excluding carboxylic acids is 1. The van der Waals surface area contributed by atoms with E-state index in [-0.39, 0.29) is 5.91 Å². The van der Waals surface area contributed by atoms with E-state index in [0.29, 0.717) is 0 Å². The predicted octanol–water partition coefficient (Wildman–Crippen LogP) is 1.12. The Morgan fingerprint density at radius 2 is 2.05 bits per heavy atom. The van der Waals surface area contributed by atoms with Gasteiger partial charge in [-0.25, -0.2) is 4.98 Å². The van der Waals surface area contributed by atoms with E-state index in [2.05, 4.69) is 16.9 Å². The van der Waals surface area contributed by atoms with Gasteiger partial charge < -0.3 is 14.2 Å². The Kier molecular flexibility index (Phi) is 3.52. The van der Waals surface area contributed by atoms with Crippen molar-refractivity contribution in [2.45, 2.75) is 0 Å². The lowest BCUT2D eigenvalue weighted by Crippen LogP contribution is -2.46. The van der Waals surface area contributed by atoms with Crippen LogP contribution in [0.4, 0.5) is 0 Å². The number of nitrogens with zero attached hydrogens (tertiary/aromatic N) is 4. The van der Waals surface area contributed by atoms with Crippen molar-refractivity contribution in [1.82, 2.24) is 19.2 Å². The number of hydrogen-bond donors (Lipinski definition) is 0. The second-order valence-corrected chi connectivity index (χ2v) is 5.07. The number of pyridine rings is 1. The van der Waals surface area contributed by atoms with Crippen LogP contribution in [0.5, 0.6) is 0 Å². The fraction of sp³-hybridized carbons (Fsp3) is 0.333. The van der Waals surface area contributed by atoms with Gasteiger partial charge in [-0.3, -0.25) is 4.79 Å². The molecule has 0 unspecified atom stereocenters. The first-order chi connectivity index (χ1) is 9.74. The largest absolute Gasteiger partial charge is 0.337 e. The molecule has 1 amide bonds. The maximum atomic E-state index is 12.1. The fourth-order valence-electron chi connectivity index (χ4n) is 2.36. The number of carbonyl (C=O) groups is 1. The quantitative estimate of drug-likeness (QED) is 0.768. The predicted molar refractivity (Wildman–Crippen MR) is 78.3 cm³/mol. The molecule has 2 aromatic rings. The van der Waals surface area contributed by atoms with Gasteiger partial charge >= 0.3 is 0 Å². The third-order valence-electron chi connectivity index (χ3n) is 3.66. The highest BCUT2D eigenvalue weighted by Crippen LogP contribution is 2.08. The Morgan fingerprint density at radius 1 is 1.25 bits per heavy atom. The minimum absolute atomic E-state index is 0.0731. The highest BCUT2D eigenvalue weighted by atomic mass is 16.2. The molecule has 0 N–H and O–H groups in total. The minimum atomic E-state index is 0.0731. The Bertz CT molecular complexity index is 638. The number of piperazine rings is 1. The third-order valence-corrected chi connectivity index (χ3v) is 3.66. The molecule has 0 atom stereocenters. The van der Waals surface area contributed by atoms with E-state index in [1.807, 2.05) is 39.8 Å². The van der Waals surface area contributed by atoms with Crippen LogP contribution in [0.25, 0.3) is 11.7 Å². The number of rotatable bonds is 2. The molecule has 1 fully saturated rings. The molecule has 2 aromatic heterocycles. The van der Waals surface area contributed by atoms with E-state index < -0.39 is 0 Å². The number of fused-ring (bicyclic) bond motifs is 1. The molecule has 1 saturated heterocycles. The average Bonchev–Trinajstić information content (AvgIpc) is 2.89. The van der Waals surface area contributed by atoms with Crippen molar-refractivity contribution >= 4 is 17.6 Å². The summed E-state index contributed by atoms with van der Waals surface area (Å²) >= 11 is 0. The summed E-state index contributed by atoms with van der Waals surface area (Å²) in [6, 6.07) is 5.85. The topological polar surface area (TPSA) is 40.8 Å². The summed E-state index contributed by atoms with van der Waals surface area (Å²) in [4.78, 5) is 20.5. The summed E-state index contributed by atoms with van der Waals surface area (Å²) in [6.45, 7) is 3.48. The third kappa shape index (κ3) is 2.58. The monoisotopic (exact) mass is 270 g/mol. The van der Waals surface area contributed by atoms with Crippen molar-refractivity contribution in [3.63, 3.8) is 0 Å². The van der Waals surface area contributed by atoms with E-state index in [4.69, 9.17) is 0 Å². The molecule has 0 spiro atoms. The van der Waals surface area contributed by atoms with Crippen molar-refractivity contribution in [1.29, 1.82) is 0 Å². The van der Waals surface area contributed by atoms with Crippen LogP contribution >= 0.6 is 0 Å². The summed E-state index contributed by atoms with van der Waals surface area (Å²) in [7, 11) is 2.08. The van der Waals surface area contributed by atoms with Crippen molar-refractivity contribution in [3.05, 3.63) is 42.4 Å².